The van der Waals surface area contributed by atoms with E-state index < -0.39 is 0 Å². The van der Waals surface area contributed by atoms with Crippen LogP contribution < -0.4 is 5.73 Å². The summed E-state index contributed by atoms with van der Waals surface area (Å²) in [5, 5.41) is 0. The lowest BCUT2D eigenvalue weighted by Gasteiger charge is -2.08. The maximum absolute atomic E-state index is 6.31. The third-order valence-electron chi connectivity index (χ3n) is 3.80. The largest absolute Gasteiger partial charge is 0.323 e. The zero-order valence-electron chi connectivity index (χ0n) is 11.3. The highest BCUT2D eigenvalue weighted by atomic mass is 32.1. The molecule has 0 saturated carbocycles. The molecule has 1 aromatic rings. The molecule has 0 saturated heterocycles. The van der Waals surface area contributed by atoms with Crippen molar-refractivity contribution in [3.63, 3.8) is 0 Å². The van der Waals surface area contributed by atoms with Crippen LogP contribution in [0.3, 0.4) is 0 Å². The molecule has 2 rings (SSSR count). The Labute approximate surface area is 115 Å². The second kappa shape index (κ2) is 7.10. The van der Waals surface area contributed by atoms with Crippen molar-refractivity contribution in [3.8, 4) is 0 Å². The summed E-state index contributed by atoms with van der Waals surface area (Å²) in [6.07, 6.45) is 13.4. The Kier molecular flexibility index (Phi) is 5.45. The molecule has 18 heavy (non-hydrogen) atoms. The maximum atomic E-state index is 6.31. The highest BCUT2D eigenvalue weighted by Crippen LogP contribution is 2.33. The van der Waals surface area contributed by atoms with E-state index in [-0.39, 0.29) is 6.04 Å². The van der Waals surface area contributed by atoms with Gasteiger partial charge in [-0.05, 0) is 56.6 Å². The zero-order chi connectivity index (χ0) is 12.8. The van der Waals surface area contributed by atoms with Crippen LogP contribution in [-0.2, 0) is 12.8 Å². The molecule has 0 bridgehead atoms. The fourth-order valence-electron chi connectivity index (χ4n) is 2.67. The number of hydrogen-bond donors (Lipinski definition) is 1. The summed E-state index contributed by atoms with van der Waals surface area (Å²) in [6, 6.07) is 2.65. The van der Waals surface area contributed by atoms with E-state index >= 15 is 0 Å². The molecule has 1 nitrogen and oxygen atoms in total. The molecule has 0 fully saturated rings. The highest BCUT2D eigenvalue weighted by molar-refractivity contribution is 7.12. The van der Waals surface area contributed by atoms with Crippen LogP contribution >= 0.6 is 11.3 Å². The van der Waals surface area contributed by atoms with E-state index in [0.29, 0.717) is 0 Å². The van der Waals surface area contributed by atoms with Crippen molar-refractivity contribution >= 4 is 11.3 Å². The predicted molar refractivity (Wildman–Crippen MR) is 81.2 cm³/mol. The predicted octanol–water partition coefficient (Wildman–Crippen LogP) is 4.76. The monoisotopic (exact) mass is 263 g/mol. The molecule has 1 heterocycles. The molecule has 2 N–H and O–H groups in total. The summed E-state index contributed by atoms with van der Waals surface area (Å²) >= 11 is 1.97. The molecule has 2 heteroatoms. The smallest absolute Gasteiger partial charge is 0.0389 e. The molecule has 100 valence electrons. The Hall–Kier alpha value is -0.600. The molecule has 0 amide bonds. The van der Waals surface area contributed by atoms with E-state index in [1.54, 1.807) is 10.4 Å². The number of thiophene rings is 1. The van der Waals surface area contributed by atoms with Crippen LogP contribution in [0.1, 0.15) is 66.3 Å². The van der Waals surface area contributed by atoms with E-state index in [2.05, 4.69) is 12.6 Å². The van der Waals surface area contributed by atoms with E-state index in [0.717, 1.165) is 12.8 Å². The molecule has 0 spiro atoms. The summed E-state index contributed by atoms with van der Waals surface area (Å²) < 4.78 is 0. The van der Waals surface area contributed by atoms with Gasteiger partial charge in [0.25, 0.3) is 0 Å². The van der Waals surface area contributed by atoms with Gasteiger partial charge >= 0.3 is 0 Å². The molecule has 0 radical (unpaired) electrons. The van der Waals surface area contributed by atoms with E-state index in [9.17, 15) is 0 Å². The summed E-state index contributed by atoms with van der Waals surface area (Å²) in [7, 11) is 0. The Bertz CT molecular complexity index is 357. The highest BCUT2D eigenvalue weighted by Gasteiger charge is 2.16. The Morgan fingerprint density at radius 3 is 2.89 bits per heavy atom. The van der Waals surface area contributed by atoms with Crippen molar-refractivity contribution in [2.24, 2.45) is 5.73 Å². The van der Waals surface area contributed by atoms with Gasteiger partial charge in [0.05, 0.1) is 0 Å². The number of aryl methyl sites for hydroxylation is 2. The van der Waals surface area contributed by atoms with Gasteiger partial charge in [-0.15, -0.1) is 17.9 Å². The molecule has 1 aromatic heterocycles. The molecule has 1 aliphatic carbocycles. The molecule has 1 unspecified atom stereocenters. The van der Waals surface area contributed by atoms with Gasteiger partial charge in [-0.3, -0.25) is 0 Å². The Balaban J connectivity index is 1.79. The number of unbranched alkanes of at least 4 members (excludes halogenated alkanes) is 3. The fraction of sp³-hybridized carbons (Fsp3) is 0.625. The number of nitrogens with two attached hydrogens (primary N) is 1. The topological polar surface area (TPSA) is 26.0 Å². The van der Waals surface area contributed by atoms with Crippen LogP contribution in [0.5, 0.6) is 0 Å². The van der Waals surface area contributed by atoms with Crippen molar-refractivity contribution in [2.75, 3.05) is 0 Å². The summed E-state index contributed by atoms with van der Waals surface area (Å²) in [6.45, 7) is 3.76. The Morgan fingerprint density at radius 1 is 1.28 bits per heavy atom. The van der Waals surface area contributed by atoms with E-state index in [1.165, 1.54) is 49.8 Å². The molecule has 0 aliphatic heterocycles. The minimum absolute atomic E-state index is 0.268. The molecule has 1 aliphatic rings. The van der Waals surface area contributed by atoms with Crippen molar-refractivity contribution in [2.45, 2.75) is 63.8 Å². The normalized spacial score (nSPS) is 16.3. The van der Waals surface area contributed by atoms with Gasteiger partial charge < -0.3 is 5.73 Å². The number of rotatable bonds is 7. The van der Waals surface area contributed by atoms with Crippen LogP contribution in [0.25, 0.3) is 0 Å². The third-order valence-corrected chi connectivity index (χ3v) is 5.17. The minimum Gasteiger partial charge on any atom is -0.323 e. The molecular weight excluding hydrogens is 238 g/mol. The summed E-state index contributed by atoms with van der Waals surface area (Å²) in [5.41, 5.74) is 7.90. The summed E-state index contributed by atoms with van der Waals surface area (Å²) in [4.78, 5) is 3.03. The first-order valence-corrected chi connectivity index (χ1v) is 8.11. The van der Waals surface area contributed by atoms with Crippen LogP contribution in [0.4, 0.5) is 0 Å². The number of fused-ring (bicyclic) bond motifs is 1. The molecular formula is C16H25NS. The van der Waals surface area contributed by atoms with Gasteiger partial charge in [0.15, 0.2) is 0 Å². The molecule has 1 atom stereocenters. The summed E-state index contributed by atoms with van der Waals surface area (Å²) in [5.74, 6) is 0. The Morgan fingerprint density at radius 2 is 2.11 bits per heavy atom. The van der Waals surface area contributed by atoms with Crippen LogP contribution in [0.2, 0.25) is 0 Å². The third kappa shape index (κ3) is 3.69. The van der Waals surface area contributed by atoms with Gasteiger partial charge in [-0.2, -0.15) is 0 Å². The van der Waals surface area contributed by atoms with Crippen LogP contribution in [0, 0.1) is 0 Å². The van der Waals surface area contributed by atoms with Crippen molar-refractivity contribution in [3.05, 3.63) is 34.0 Å². The van der Waals surface area contributed by atoms with E-state index in [1.807, 2.05) is 17.4 Å². The number of hydrogen-bond acceptors (Lipinski definition) is 2. The lowest BCUT2D eigenvalue weighted by atomic mass is 9.98. The lowest BCUT2D eigenvalue weighted by molar-refractivity contribution is 0.577. The van der Waals surface area contributed by atoms with Crippen molar-refractivity contribution in [1.82, 2.24) is 0 Å². The van der Waals surface area contributed by atoms with Gasteiger partial charge in [-0.25, -0.2) is 0 Å². The van der Waals surface area contributed by atoms with Gasteiger partial charge in [0.2, 0.25) is 0 Å². The van der Waals surface area contributed by atoms with Crippen LogP contribution in [-0.4, -0.2) is 0 Å². The van der Waals surface area contributed by atoms with Crippen LogP contribution in [0.15, 0.2) is 18.7 Å². The first kappa shape index (κ1) is 13.8. The van der Waals surface area contributed by atoms with E-state index in [4.69, 9.17) is 5.73 Å². The quantitative estimate of drug-likeness (QED) is 0.557. The van der Waals surface area contributed by atoms with Gasteiger partial charge in [0.1, 0.15) is 0 Å². The number of allylic oxidation sites excluding steroid dienone is 1. The van der Waals surface area contributed by atoms with Gasteiger partial charge in [-0.1, -0.05) is 18.9 Å². The maximum Gasteiger partial charge on any atom is 0.0389 e. The molecule has 0 aromatic carbocycles. The first-order valence-electron chi connectivity index (χ1n) is 7.29. The first-order chi connectivity index (χ1) is 8.81. The zero-order valence-corrected chi connectivity index (χ0v) is 12.1. The van der Waals surface area contributed by atoms with Crippen molar-refractivity contribution < 1.29 is 0 Å². The second-order valence-corrected chi connectivity index (χ2v) is 6.51. The van der Waals surface area contributed by atoms with Crippen molar-refractivity contribution in [1.29, 1.82) is 0 Å². The SMILES string of the molecule is C=CCCCCCC(N)c1cc2c(s1)CCCC2. The minimum atomic E-state index is 0.268. The average Bonchev–Trinajstić information content (AvgIpc) is 2.82. The lowest BCUT2D eigenvalue weighted by Crippen LogP contribution is -2.08. The average molecular weight is 263 g/mol. The fourth-order valence-corrected chi connectivity index (χ4v) is 3.96. The standard InChI is InChI=1S/C16H25NS/c1-2-3-4-5-6-10-14(17)16-12-13-9-7-8-11-15(13)18-16/h2,12,14H,1,3-11,17H2. The second-order valence-electron chi connectivity index (χ2n) is 5.34. The van der Waals surface area contributed by atoms with Gasteiger partial charge in [0, 0.05) is 15.8 Å².